The minimum atomic E-state index is -1.11. The molecule has 0 spiro atoms. The lowest BCUT2D eigenvalue weighted by Gasteiger charge is -2.22. The lowest BCUT2D eigenvalue weighted by molar-refractivity contribution is 0.0696. The van der Waals surface area contributed by atoms with Crippen LogP contribution >= 0.6 is 0 Å². The van der Waals surface area contributed by atoms with Gasteiger partial charge in [-0.3, -0.25) is 0 Å². The van der Waals surface area contributed by atoms with Gasteiger partial charge in [-0.25, -0.2) is 9.59 Å². The average molecular weight is 467 g/mol. The zero-order valence-electron chi connectivity index (χ0n) is 20.0. The molecule has 0 amide bonds. The normalized spacial score (nSPS) is 15.7. The van der Waals surface area contributed by atoms with Gasteiger partial charge in [0.05, 0.1) is 11.1 Å². The van der Waals surface area contributed by atoms with E-state index in [4.69, 9.17) is 0 Å². The number of hydrogen-bond acceptors (Lipinski definition) is 2. The maximum atomic E-state index is 11.7. The fraction of sp³-hybridized carbons (Fsp3) is 0.290. The Morgan fingerprint density at radius 3 is 2.37 bits per heavy atom. The second kappa shape index (κ2) is 9.53. The van der Waals surface area contributed by atoms with Gasteiger partial charge in [0.1, 0.15) is 0 Å². The summed E-state index contributed by atoms with van der Waals surface area (Å²) in [5, 5.41) is 24.2. The van der Waals surface area contributed by atoms with E-state index >= 15 is 0 Å². The van der Waals surface area contributed by atoms with Crippen molar-refractivity contribution in [3.63, 3.8) is 0 Å². The van der Waals surface area contributed by atoms with Crippen molar-refractivity contribution in [3.05, 3.63) is 103 Å². The van der Waals surface area contributed by atoms with Crippen LogP contribution in [0.15, 0.2) is 48.5 Å². The summed E-state index contributed by atoms with van der Waals surface area (Å²) in [5.74, 6) is -1.53. The second-order valence-corrected chi connectivity index (χ2v) is 9.72. The van der Waals surface area contributed by atoms with Crippen LogP contribution in [0.1, 0.15) is 75.6 Å². The molecule has 0 radical (unpaired) electrons. The molecule has 3 aromatic rings. The van der Waals surface area contributed by atoms with Crippen LogP contribution in [-0.2, 0) is 19.3 Å². The van der Waals surface area contributed by atoms with E-state index in [0.717, 1.165) is 23.6 Å². The lowest BCUT2D eigenvalue weighted by atomic mass is 9.83. The first-order valence-corrected chi connectivity index (χ1v) is 12.5. The van der Waals surface area contributed by atoms with Crippen LogP contribution in [-0.4, -0.2) is 22.2 Å². The molecule has 1 unspecified atom stereocenters. The number of unbranched alkanes of at least 4 members (excludes halogenated alkanes) is 1. The summed E-state index contributed by atoms with van der Waals surface area (Å²) in [6.07, 6.45) is 12.0. The van der Waals surface area contributed by atoms with Crippen LogP contribution in [0.5, 0.6) is 0 Å². The molecule has 5 rings (SSSR count). The highest BCUT2D eigenvalue weighted by atomic mass is 16.4. The molecule has 0 aliphatic heterocycles. The van der Waals surface area contributed by atoms with Crippen LogP contribution in [0.25, 0.3) is 12.2 Å². The largest absolute Gasteiger partial charge is 0.478 e. The van der Waals surface area contributed by atoms with Gasteiger partial charge in [0.15, 0.2) is 0 Å². The predicted molar refractivity (Wildman–Crippen MR) is 137 cm³/mol. The highest BCUT2D eigenvalue weighted by Crippen LogP contribution is 2.24. The van der Waals surface area contributed by atoms with Crippen molar-refractivity contribution in [1.29, 1.82) is 0 Å². The summed E-state index contributed by atoms with van der Waals surface area (Å²) in [6, 6.07) is 15.1. The molecule has 2 aliphatic carbocycles. The van der Waals surface area contributed by atoms with Gasteiger partial charge in [0.25, 0.3) is 0 Å². The Balaban J connectivity index is 1.57. The summed E-state index contributed by atoms with van der Waals surface area (Å²) in [7, 11) is 0. The van der Waals surface area contributed by atoms with E-state index in [0.29, 0.717) is 11.5 Å². The quantitative estimate of drug-likeness (QED) is 0.523. The number of carboxylic acid groups (broad SMARTS) is 2. The summed E-state index contributed by atoms with van der Waals surface area (Å²) in [5.41, 5.74) is 4.24. The molecule has 0 fully saturated rings. The summed E-state index contributed by atoms with van der Waals surface area (Å²) in [4.78, 5) is 23.5. The summed E-state index contributed by atoms with van der Waals surface area (Å²) in [6.45, 7) is 2.25. The van der Waals surface area contributed by atoms with Gasteiger partial charge in [-0.2, -0.15) is 0 Å². The molecule has 2 N–H and O–H groups in total. The molecule has 0 saturated carbocycles. The number of hydrogen-bond donors (Lipinski definition) is 2. The predicted octanol–water partition coefficient (Wildman–Crippen LogP) is 4.83. The Morgan fingerprint density at radius 1 is 0.914 bits per heavy atom. The van der Waals surface area contributed by atoms with Crippen LogP contribution < -0.4 is 10.4 Å². The number of carbonyl (C=O) groups is 2. The van der Waals surface area contributed by atoms with E-state index in [2.05, 4.69) is 43.3 Å². The summed E-state index contributed by atoms with van der Waals surface area (Å²) < 4.78 is 0. The monoisotopic (exact) mass is 466 g/mol. The number of carboxylic acids is 2. The third-order valence-corrected chi connectivity index (χ3v) is 7.53. The van der Waals surface area contributed by atoms with Gasteiger partial charge < -0.3 is 10.2 Å². The molecular formula is C31H30O4. The first-order valence-electron chi connectivity index (χ1n) is 12.5. The van der Waals surface area contributed by atoms with Gasteiger partial charge in [-0.15, -0.1) is 0 Å². The number of aromatic carboxylic acids is 2. The average Bonchev–Trinajstić information content (AvgIpc) is 2.86. The second-order valence-electron chi connectivity index (χ2n) is 9.72. The zero-order valence-corrected chi connectivity index (χ0v) is 20.0. The molecular weight excluding hydrogens is 436 g/mol. The van der Waals surface area contributed by atoms with Crippen molar-refractivity contribution in [3.8, 4) is 0 Å². The first-order chi connectivity index (χ1) is 17.0. The molecule has 1 atom stereocenters. The smallest absolute Gasteiger partial charge is 0.336 e. The number of fused-ring (bicyclic) bond motifs is 4. The van der Waals surface area contributed by atoms with Gasteiger partial charge in [-0.1, -0.05) is 68.3 Å². The lowest BCUT2D eigenvalue weighted by Crippen LogP contribution is -2.23. The minimum Gasteiger partial charge on any atom is -0.478 e. The molecule has 0 heterocycles. The molecule has 4 heteroatoms. The third-order valence-electron chi connectivity index (χ3n) is 7.53. The zero-order chi connectivity index (χ0) is 24.5. The molecule has 0 bridgehead atoms. The maximum Gasteiger partial charge on any atom is 0.336 e. The molecule has 0 saturated heterocycles. The molecule has 2 aliphatic rings. The Morgan fingerprint density at radius 2 is 1.66 bits per heavy atom. The Labute approximate surface area is 204 Å². The van der Waals surface area contributed by atoms with Crippen LogP contribution in [0.2, 0.25) is 0 Å². The molecule has 3 aromatic carbocycles. The molecule has 178 valence electrons. The van der Waals surface area contributed by atoms with Crippen LogP contribution in [0, 0.1) is 16.4 Å². The fourth-order valence-electron chi connectivity index (χ4n) is 5.74. The topological polar surface area (TPSA) is 74.6 Å². The summed E-state index contributed by atoms with van der Waals surface area (Å²) >= 11 is 0. The van der Waals surface area contributed by atoms with Gasteiger partial charge >= 0.3 is 11.9 Å². The third kappa shape index (κ3) is 4.41. The van der Waals surface area contributed by atoms with E-state index < -0.39 is 11.9 Å². The van der Waals surface area contributed by atoms with E-state index in [1.807, 2.05) is 6.07 Å². The standard InChI is InChI=1S/C31H30O4/c1-2-3-5-19-8-12-23-21(16-19)10-14-26-24-13-9-20(17-22(24)11-15-25(23)26)18-29-27(30(32)33)6-4-7-28(29)31(34)35/h4,6-7,9-11,13-14,16-17,19H,2-3,5,8,12,15,18H2,1H3,(H,32,33)(H,34,35). The van der Waals surface area contributed by atoms with E-state index in [1.165, 1.54) is 70.7 Å². The highest BCUT2D eigenvalue weighted by molar-refractivity contribution is 5.96. The van der Waals surface area contributed by atoms with Crippen molar-refractivity contribution in [2.45, 2.75) is 51.9 Å². The Bertz CT molecular complexity index is 1520. The Kier molecular flexibility index (Phi) is 6.29. The first kappa shape index (κ1) is 23.1. The van der Waals surface area contributed by atoms with Gasteiger partial charge in [0.2, 0.25) is 0 Å². The van der Waals surface area contributed by atoms with Crippen molar-refractivity contribution in [2.75, 3.05) is 0 Å². The Hall–Kier alpha value is -3.66. The molecule has 35 heavy (non-hydrogen) atoms. The van der Waals surface area contributed by atoms with E-state index in [-0.39, 0.29) is 17.5 Å². The van der Waals surface area contributed by atoms with Gasteiger partial charge in [-0.05, 0) is 93.3 Å². The maximum absolute atomic E-state index is 11.7. The van der Waals surface area contributed by atoms with Crippen LogP contribution in [0.4, 0.5) is 0 Å². The van der Waals surface area contributed by atoms with E-state index in [1.54, 1.807) is 0 Å². The van der Waals surface area contributed by atoms with E-state index in [9.17, 15) is 19.8 Å². The molecule has 0 aromatic heterocycles. The highest BCUT2D eigenvalue weighted by Gasteiger charge is 2.19. The minimum absolute atomic E-state index is 0.0389. The fourth-order valence-corrected chi connectivity index (χ4v) is 5.74. The number of rotatable bonds is 7. The molecule has 4 nitrogen and oxygen atoms in total. The number of benzene rings is 3. The SMILES string of the molecule is CCCCC1C=c2ccc3c(c2CC1)CC=c1cc(Cc2c(C(=O)O)cccc2C(=O)O)ccc1=3. The van der Waals surface area contributed by atoms with Crippen LogP contribution in [0.3, 0.4) is 0 Å². The van der Waals surface area contributed by atoms with Crippen molar-refractivity contribution in [2.24, 2.45) is 5.92 Å². The van der Waals surface area contributed by atoms with Gasteiger partial charge in [0, 0.05) is 0 Å². The van der Waals surface area contributed by atoms with Crippen molar-refractivity contribution >= 4 is 24.1 Å². The van der Waals surface area contributed by atoms with Crippen molar-refractivity contribution < 1.29 is 19.8 Å². The van der Waals surface area contributed by atoms with Crippen molar-refractivity contribution in [1.82, 2.24) is 0 Å².